The fraction of sp³-hybridized carbons (Fsp3) is 0.554. The molecule has 0 rings (SSSR count). The summed E-state index contributed by atoms with van der Waals surface area (Å²) in [6.45, 7) is 4.39. The third-order valence-electron chi connectivity index (χ3n) is 9.96. The maximum absolute atomic E-state index is 12.8. The summed E-state index contributed by atoms with van der Waals surface area (Å²) in [6, 6.07) is -0.634. The highest BCUT2D eigenvalue weighted by Crippen LogP contribution is 2.13. The minimum atomic E-state index is -0.890. The van der Waals surface area contributed by atoms with Gasteiger partial charge in [-0.05, 0) is 77.0 Å². The van der Waals surface area contributed by atoms with Crippen LogP contribution in [0, 0.1) is 0 Å². The molecule has 8 heteroatoms. The Morgan fingerprint density at radius 3 is 1.42 bits per heavy atom. The van der Waals surface area contributed by atoms with Crippen molar-refractivity contribution in [2.24, 2.45) is 0 Å². The van der Waals surface area contributed by atoms with Crippen molar-refractivity contribution in [3.8, 4) is 0 Å². The summed E-state index contributed by atoms with van der Waals surface area (Å²) in [5.41, 5.74) is 0. The molecule has 2 atom stereocenters. The highest BCUT2D eigenvalue weighted by Gasteiger charge is 2.31. The number of unbranched alkanes of at least 4 members (excludes halogenated alkanes) is 10. The van der Waals surface area contributed by atoms with Crippen molar-refractivity contribution in [1.29, 1.82) is 0 Å². The molecule has 0 amide bonds. The van der Waals surface area contributed by atoms with E-state index >= 15 is 0 Å². The molecule has 0 aliphatic carbocycles. The summed E-state index contributed by atoms with van der Waals surface area (Å²) in [5, 5.41) is 9.65. The van der Waals surface area contributed by atoms with Gasteiger partial charge in [0.2, 0.25) is 0 Å². The monoisotopic (exact) mass is 887 g/mol. The lowest BCUT2D eigenvalue weighted by atomic mass is 10.1. The van der Waals surface area contributed by atoms with Crippen molar-refractivity contribution in [3.05, 3.63) is 134 Å². The van der Waals surface area contributed by atoms with Gasteiger partial charge in [0, 0.05) is 19.3 Å². The van der Waals surface area contributed by atoms with E-state index in [1.807, 2.05) is 81.9 Å². The molecule has 1 N–H and O–H groups in total. The standard InChI is InChI=1S/C56H87NO7/c1-6-8-10-12-14-16-18-20-22-24-25-26-27-28-29-31-33-35-37-39-41-43-45-47-55(59)64-52(50-62-49-48-53(56(60)61)57(3,4)5)51-63-54(58)46-44-42-40-38-36-34-32-30-23-21-19-17-15-13-11-9-7-2/h8-11,13-17,19-23,25-26,28-30,32,34,36,52-53H,6-7,12,18,24,27,31,33,35,37-51H2,1-5H3/p+1/b10-8+,11-9+,15-13+,16-14+,19-17+,22-20+,23-21+,26-25+,29-28+,32-30+,36-34+. The maximum Gasteiger partial charge on any atom is 0.362 e. The van der Waals surface area contributed by atoms with Gasteiger partial charge in [-0.15, -0.1) is 0 Å². The number of quaternary nitrogens is 1. The summed E-state index contributed by atoms with van der Waals surface area (Å²) in [7, 11) is 5.50. The lowest BCUT2D eigenvalue weighted by molar-refractivity contribution is -0.887. The fourth-order valence-electron chi connectivity index (χ4n) is 6.27. The first-order chi connectivity index (χ1) is 31.1. The number of carboxylic acid groups (broad SMARTS) is 1. The molecule has 64 heavy (non-hydrogen) atoms. The molecule has 358 valence electrons. The highest BCUT2D eigenvalue weighted by atomic mass is 16.6. The van der Waals surface area contributed by atoms with Crippen LogP contribution in [0.15, 0.2) is 134 Å². The second kappa shape index (κ2) is 45.1. The number of hydrogen-bond acceptors (Lipinski definition) is 6. The van der Waals surface area contributed by atoms with Gasteiger partial charge in [-0.3, -0.25) is 9.59 Å². The Morgan fingerprint density at radius 1 is 0.484 bits per heavy atom. The van der Waals surface area contributed by atoms with Gasteiger partial charge in [-0.25, -0.2) is 4.79 Å². The number of carbonyl (C=O) groups is 3. The summed E-state index contributed by atoms with van der Waals surface area (Å²) in [5.74, 6) is -1.56. The lowest BCUT2D eigenvalue weighted by Crippen LogP contribution is -2.50. The second-order valence-electron chi connectivity index (χ2n) is 16.8. The largest absolute Gasteiger partial charge is 0.477 e. The van der Waals surface area contributed by atoms with Gasteiger partial charge in [0.25, 0.3) is 0 Å². The Balaban J connectivity index is 4.41. The lowest BCUT2D eigenvalue weighted by Gasteiger charge is -2.31. The van der Waals surface area contributed by atoms with Crippen molar-refractivity contribution in [2.75, 3.05) is 41.0 Å². The molecule has 0 fully saturated rings. The van der Waals surface area contributed by atoms with Crippen LogP contribution in [0.25, 0.3) is 0 Å². The van der Waals surface area contributed by atoms with Crippen molar-refractivity contribution in [2.45, 2.75) is 161 Å². The molecule has 0 saturated carbocycles. The van der Waals surface area contributed by atoms with Crippen LogP contribution in [0.2, 0.25) is 0 Å². The maximum atomic E-state index is 12.8. The number of aliphatic carboxylic acids is 1. The van der Waals surface area contributed by atoms with E-state index in [0.717, 1.165) is 89.9 Å². The van der Waals surface area contributed by atoms with Crippen LogP contribution in [-0.2, 0) is 28.6 Å². The minimum absolute atomic E-state index is 0.0314. The molecular formula is C56H88NO7+. The minimum Gasteiger partial charge on any atom is -0.477 e. The first-order valence-electron chi connectivity index (χ1n) is 24.3. The molecule has 0 aromatic rings. The summed E-state index contributed by atoms with van der Waals surface area (Å²) in [4.78, 5) is 37.1. The van der Waals surface area contributed by atoms with Crippen molar-refractivity contribution >= 4 is 17.9 Å². The normalized spacial score (nSPS) is 14.1. The third-order valence-corrected chi connectivity index (χ3v) is 9.96. The molecule has 0 aliphatic heterocycles. The second-order valence-corrected chi connectivity index (χ2v) is 16.8. The topological polar surface area (TPSA) is 99.1 Å². The first kappa shape index (κ1) is 59.5. The number of ether oxygens (including phenoxy) is 3. The number of carbonyl (C=O) groups excluding carboxylic acids is 2. The SMILES string of the molecule is CC/C=C/C=C/C=C/C=C/C=C/C=C/CCCCCC(=O)OCC(COCCC(C(=O)O)[N+](C)(C)C)OC(=O)CCCCCCCCC/C=C/C/C=C/C/C=C/C/C=C/C/C=C/CC. The molecule has 0 aliphatic rings. The Kier molecular flexibility index (Phi) is 41.9. The number of carboxylic acids is 1. The van der Waals surface area contributed by atoms with E-state index in [2.05, 4.69) is 86.8 Å². The molecule has 8 nitrogen and oxygen atoms in total. The zero-order valence-corrected chi connectivity index (χ0v) is 40.7. The van der Waals surface area contributed by atoms with Crippen molar-refractivity contribution in [3.63, 3.8) is 0 Å². The van der Waals surface area contributed by atoms with Crippen LogP contribution >= 0.6 is 0 Å². The van der Waals surface area contributed by atoms with E-state index in [1.165, 1.54) is 19.3 Å². The van der Waals surface area contributed by atoms with Gasteiger partial charge in [0.05, 0.1) is 34.4 Å². The van der Waals surface area contributed by atoms with Gasteiger partial charge in [0.1, 0.15) is 6.61 Å². The van der Waals surface area contributed by atoms with Gasteiger partial charge in [-0.1, -0.05) is 186 Å². The van der Waals surface area contributed by atoms with Crippen LogP contribution in [0.4, 0.5) is 0 Å². The van der Waals surface area contributed by atoms with E-state index in [9.17, 15) is 19.5 Å². The predicted molar refractivity (Wildman–Crippen MR) is 270 cm³/mol. The van der Waals surface area contributed by atoms with Crippen LogP contribution in [0.5, 0.6) is 0 Å². The zero-order chi connectivity index (χ0) is 47.0. The molecule has 0 saturated heterocycles. The van der Waals surface area contributed by atoms with E-state index < -0.39 is 18.1 Å². The van der Waals surface area contributed by atoms with E-state index in [1.54, 1.807) is 0 Å². The Labute approximate surface area is 390 Å². The van der Waals surface area contributed by atoms with Gasteiger partial charge < -0.3 is 23.8 Å². The van der Waals surface area contributed by atoms with E-state index in [4.69, 9.17) is 14.2 Å². The fourth-order valence-corrected chi connectivity index (χ4v) is 6.27. The van der Waals surface area contributed by atoms with Crippen LogP contribution in [0.3, 0.4) is 0 Å². The zero-order valence-electron chi connectivity index (χ0n) is 40.7. The molecule has 0 heterocycles. The summed E-state index contributed by atoms with van der Waals surface area (Å²) < 4.78 is 17.3. The number of esters is 2. The molecular weight excluding hydrogens is 799 g/mol. The molecule has 2 unspecified atom stereocenters. The number of likely N-dealkylation sites (N-methyl/N-ethyl adjacent to an activating group) is 1. The molecule has 0 aromatic heterocycles. The van der Waals surface area contributed by atoms with E-state index in [-0.39, 0.29) is 36.2 Å². The number of rotatable bonds is 41. The summed E-state index contributed by atoms with van der Waals surface area (Å²) in [6.07, 6.45) is 64.9. The number of allylic oxidation sites excluding steroid dienone is 22. The van der Waals surface area contributed by atoms with Gasteiger partial charge in [0.15, 0.2) is 12.1 Å². The van der Waals surface area contributed by atoms with Crippen LogP contribution in [-0.4, -0.2) is 80.6 Å². The predicted octanol–water partition coefficient (Wildman–Crippen LogP) is 14.0. The van der Waals surface area contributed by atoms with Crippen LogP contribution in [0.1, 0.15) is 149 Å². The average molecular weight is 887 g/mol. The third kappa shape index (κ3) is 42.8. The first-order valence-corrected chi connectivity index (χ1v) is 24.3. The van der Waals surface area contributed by atoms with Gasteiger partial charge >= 0.3 is 17.9 Å². The average Bonchev–Trinajstić information content (AvgIpc) is 3.26. The molecule has 0 bridgehead atoms. The van der Waals surface area contributed by atoms with Crippen LogP contribution < -0.4 is 0 Å². The quantitative estimate of drug-likeness (QED) is 0.0215. The summed E-state index contributed by atoms with van der Waals surface area (Å²) >= 11 is 0. The van der Waals surface area contributed by atoms with Crippen molar-refractivity contribution in [1.82, 2.24) is 0 Å². The van der Waals surface area contributed by atoms with Gasteiger partial charge in [-0.2, -0.15) is 0 Å². The smallest absolute Gasteiger partial charge is 0.362 e. The number of hydrogen-bond donors (Lipinski definition) is 1. The Bertz CT molecular complexity index is 1500. The van der Waals surface area contributed by atoms with E-state index in [0.29, 0.717) is 25.7 Å². The highest BCUT2D eigenvalue weighted by molar-refractivity contribution is 5.72. The Morgan fingerprint density at radius 2 is 0.906 bits per heavy atom. The Hall–Kier alpha value is -4.53. The molecule has 0 spiro atoms. The molecule has 0 aromatic carbocycles. The van der Waals surface area contributed by atoms with Crippen molar-refractivity contribution < 1.29 is 38.2 Å². The number of nitrogens with zero attached hydrogens (tertiary/aromatic N) is 1. The molecule has 0 radical (unpaired) electrons.